The number of halogens is 6. The number of aliphatic hydroxyl groups excluding tert-OH is 1. The Morgan fingerprint density at radius 1 is 1.17 bits per heavy atom. The number of hydrogen-bond acceptors (Lipinski definition) is 3. The van der Waals surface area contributed by atoms with Gasteiger partial charge in [-0.1, -0.05) is 17.7 Å². The van der Waals surface area contributed by atoms with Crippen molar-refractivity contribution in [2.75, 3.05) is 32.8 Å². The summed E-state index contributed by atoms with van der Waals surface area (Å²) in [6.45, 7) is -0.470. The van der Waals surface area contributed by atoms with Crippen LogP contribution in [0.15, 0.2) is 18.2 Å². The lowest BCUT2D eigenvalue weighted by molar-refractivity contribution is -0.145. The van der Waals surface area contributed by atoms with Crippen LogP contribution < -0.4 is 5.32 Å². The van der Waals surface area contributed by atoms with E-state index in [1.807, 2.05) is 0 Å². The number of alkyl halides is 5. The van der Waals surface area contributed by atoms with E-state index in [1.165, 1.54) is 4.90 Å². The second kappa shape index (κ2) is 6.88. The quantitative estimate of drug-likeness (QED) is 0.812. The molecule has 0 saturated carbocycles. The normalized spacial score (nSPS) is 18.9. The van der Waals surface area contributed by atoms with Crippen molar-refractivity contribution in [1.82, 2.24) is 10.2 Å². The first-order valence-corrected chi connectivity index (χ1v) is 7.34. The van der Waals surface area contributed by atoms with Crippen molar-refractivity contribution >= 4 is 11.6 Å². The summed E-state index contributed by atoms with van der Waals surface area (Å²) in [5, 5.41) is 11.8. The van der Waals surface area contributed by atoms with E-state index in [4.69, 9.17) is 16.7 Å². The van der Waals surface area contributed by atoms with Gasteiger partial charge in [-0.2, -0.15) is 13.2 Å². The molecule has 130 valence electrons. The fourth-order valence-corrected chi connectivity index (χ4v) is 2.90. The van der Waals surface area contributed by atoms with Gasteiger partial charge in [0.15, 0.2) is 0 Å². The number of rotatable bonds is 4. The van der Waals surface area contributed by atoms with Crippen molar-refractivity contribution in [3.8, 4) is 0 Å². The van der Waals surface area contributed by atoms with Crippen molar-refractivity contribution in [3.05, 3.63) is 34.3 Å². The molecule has 0 aliphatic carbocycles. The highest BCUT2D eigenvalue weighted by Gasteiger charge is 2.47. The SMILES string of the molecule is OCC(F)(F)[C@H](c1ccc(Cl)cc1C(F)(F)F)N1CCNCC1. The van der Waals surface area contributed by atoms with E-state index >= 15 is 0 Å². The Bertz CT molecular complexity index is 546. The van der Waals surface area contributed by atoms with Gasteiger partial charge in [0, 0.05) is 31.2 Å². The first kappa shape index (κ1) is 18.4. The third-order valence-corrected chi connectivity index (χ3v) is 3.98. The van der Waals surface area contributed by atoms with Gasteiger partial charge in [-0.25, -0.2) is 8.78 Å². The lowest BCUT2D eigenvalue weighted by atomic mass is 9.93. The predicted molar refractivity (Wildman–Crippen MR) is 75.7 cm³/mol. The van der Waals surface area contributed by atoms with Crippen LogP contribution in [0.25, 0.3) is 0 Å². The highest BCUT2D eigenvalue weighted by atomic mass is 35.5. The van der Waals surface area contributed by atoms with Crippen LogP contribution in [0.5, 0.6) is 0 Å². The Morgan fingerprint density at radius 3 is 2.30 bits per heavy atom. The first-order valence-electron chi connectivity index (χ1n) is 6.97. The van der Waals surface area contributed by atoms with Crippen molar-refractivity contribution in [1.29, 1.82) is 0 Å². The Morgan fingerprint density at radius 2 is 1.78 bits per heavy atom. The Kier molecular flexibility index (Phi) is 5.50. The Balaban J connectivity index is 2.55. The summed E-state index contributed by atoms with van der Waals surface area (Å²) in [6.07, 6.45) is -4.82. The maximum absolute atomic E-state index is 14.2. The van der Waals surface area contributed by atoms with Crippen molar-refractivity contribution in [2.24, 2.45) is 0 Å². The van der Waals surface area contributed by atoms with Gasteiger partial charge < -0.3 is 10.4 Å². The van der Waals surface area contributed by atoms with Gasteiger partial charge in [-0.3, -0.25) is 4.90 Å². The summed E-state index contributed by atoms with van der Waals surface area (Å²) in [4.78, 5) is 1.26. The maximum Gasteiger partial charge on any atom is 0.416 e. The van der Waals surface area contributed by atoms with Crippen molar-refractivity contribution < 1.29 is 27.1 Å². The first-order chi connectivity index (χ1) is 10.7. The highest BCUT2D eigenvalue weighted by molar-refractivity contribution is 6.30. The molecular weight excluding hydrogens is 343 g/mol. The molecule has 1 heterocycles. The topological polar surface area (TPSA) is 35.5 Å². The molecule has 1 atom stereocenters. The van der Waals surface area contributed by atoms with E-state index in [2.05, 4.69) is 5.32 Å². The molecule has 1 aliphatic rings. The van der Waals surface area contributed by atoms with Crippen LogP contribution >= 0.6 is 11.6 Å². The zero-order valence-corrected chi connectivity index (χ0v) is 12.8. The third-order valence-electron chi connectivity index (χ3n) is 3.74. The zero-order chi connectivity index (χ0) is 17.3. The molecule has 3 nitrogen and oxygen atoms in total. The fraction of sp³-hybridized carbons (Fsp3) is 0.571. The minimum Gasteiger partial charge on any atom is -0.390 e. The predicted octanol–water partition coefficient (Wildman–Crippen LogP) is 2.93. The molecule has 9 heteroatoms. The monoisotopic (exact) mass is 358 g/mol. The number of nitrogens with zero attached hydrogens (tertiary/aromatic N) is 1. The smallest absolute Gasteiger partial charge is 0.390 e. The summed E-state index contributed by atoms with van der Waals surface area (Å²) in [5.41, 5.74) is -1.79. The molecule has 0 radical (unpaired) electrons. The molecule has 2 N–H and O–H groups in total. The molecule has 1 saturated heterocycles. The number of hydrogen-bond donors (Lipinski definition) is 2. The lowest BCUT2D eigenvalue weighted by Gasteiger charge is -2.39. The molecule has 23 heavy (non-hydrogen) atoms. The summed E-state index contributed by atoms with van der Waals surface area (Å²) in [7, 11) is 0. The summed E-state index contributed by atoms with van der Waals surface area (Å²) in [5.74, 6) is -3.72. The van der Waals surface area contributed by atoms with E-state index in [0.717, 1.165) is 12.1 Å². The molecule has 0 bridgehead atoms. The van der Waals surface area contributed by atoms with Gasteiger partial charge >= 0.3 is 6.18 Å². The van der Waals surface area contributed by atoms with Crippen LogP contribution in [0.2, 0.25) is 5.02 Å². The van der Waals surface area contributed by atoms with E-state index in [0.29, 0.717) is 19.2 Å². The third kappa shape index (κ3) is 4.12. The van der Waals surface area contributed by atoms with Crippen LogP contribution in [0.3, 0.4) is 0 Å². The molecule has 1 aromatic carbocycles. The van der Waals surface area contributed by atoms with Crippen LogP contribution in [0.4, 0.5) is 22.0 Å². The van der Waals surface area contributed by atoms with Gasteiger partial charge in [0.25, 0.3) is 5.92 Å². The molecular formula is C14H16ClF5N2O. The fourth-order valence-electron chi connectivity index (χ4n) is 2.73. The minimum absolute atomic E-state index is 0.153. The second-order valence-electron chi connectivity index (χ2n) is 5.34. The molecule has 0 unspecified atom stereocenters. The average molecular weight is 359 g/mol. The Hall–Kier alpha value is -0.960. The van der Waals surface area contributed by atoms with E-state index < -0.39 is 35.9 Å². The largest absolute Gasteiger partial charge is 0.416 e. The summed E-state index contributed by atoms with van der Waals surface area (Å²) < 4.78 is 68.2. The molecule has 0 spiro atoms. The highest BCUT2D eigenvalue weighted by Crippen LogP contribution is 2.43. The second-order valence-corrected chi connectivity index (χ2v) is 5.77. The molecule has 1 fully saturated rings. The van der Waals surface area contributed by atoms with Gasteiger partial charge in [0.2, 0.25) is 0 Å². The molecule has 1 aromatic rings. The van der Waals surface area contributed by atoms with E-state index in [9.17, 15) is 22.0 Å². The van der Waals surface area contributed by atoms with Gasteiger partial charge in [-0.05, 0) is 17.7 Å². The molecule has 1 aliphatic heterocycles. The summed E-state index contributed by atoms with van der Waals surface area (Å²) in [6, 6.07) is 0.874. The van der Waals surface area contributed by atoms with Gasteiger partial charge in [0.1, 0.15) is 12.6 Å². The average Bonchev–Trinajstić information content (AvgIpc) is 2.49. The number of piperazine rings is 1. The minimum atomic E-state index is -4.82. The molecule has 0 amide bonds. The van der Waals surface area contributed by atoms with Crippen molar-refractivity contribution in [2.45, 2.75) is 18.1 Å². The number of nitrogens with one attached hydrogen (secondary N) is 1. The van der Waals surface area contributed by atoms with Crippen LogP contribution in [-0.4, -0.2) is 48.7 Å². The van der Waals surface area contributed by atoms with Crippen molar-refractivity contribution in [3.63, 3.8) is 0 Å². The number of benzene rings is 1. The zero-order valence-electron chi connectivity index (χ0n) is 12.0. The lowest BCUT2D eigenvalue weighted by Crippen LogP contribution is -2.51. The van der Waals surface area contributed by atoms with E-state index in [1.54, 1.807) is 0 Å². The van der Waals surface area contributed by atoms with Gasteiger partial charge in [0.05, 0.1) is 5.56 Å². The maximum atomic E-state index is 14.2. The van der Waals surface area contributed by atoms with E-state index in [-0.39, 0.29) is 18.1 Å². The number of aliphatic hydroxyl groups is 1. The molecule has 2 rings (SSSR count). The van der Waals surface area contributed by atoms with Crippen LogP contribution in [-0.2, 0) is 6.18 Å². The van der Waals surface area contributed by atoms with Crippen LogP contribution in [0.1, 0.15) is 17.2 Å². The van der Waals surface area contributed by atoms with Crippen LogP contribution in [0, 0.1) is 0 Å². The molecule has 0 aromatic heterocycles. The Labute approximate surface area is 135 Å². The standard InChI is InChI=1S/C14H16ClF5N2O/c15-9-1-2-10(11(7-9)14(18,19)20)12(13(16,17)8-23)22-5-3-21-4-6-22/h1-2,7,12,21,23H,3-6,8H2/t12-/m0/s1. The summed E-state index contributed by atoms with van der Waals surface area (Å²) >= 11 is 5.60. The van der Waals surface area contributed by atoms with Gasteiger partial charge in [-0.15, -0.1) is 0 Å².